The first-order valence-electron chi connectivity index (χ1n) is 10.6. The van der Waals surface area contributed by atoms with Crippen molar-refractivity contribution in [2.24, 2.45) is 5.92 Å². The Balaban J connectivity index is 1.59. The molecule has 2 amide bonds. The van der Waals surface area contributed by atoms with Gasteiger partial charge in [0.25, 0.3) is 5.91 Å². The first-order chi connectivity index (χ1) is 15.8. The number of amides is 2. The summed E-state index contributed by atoms with van der Waals surface area (Å²) < 4.78 is 32.8. The number of rotatable bonds is 8. The van der Waals surface area contributed by atoms with Crippen LogP contribution in [0.4, 0.5) is 0 Å². The normalized spacial score (nSPS) is 14.5. The lowest BCUT2D eigenvalue weighted by Crippen LogP contribution is -2.38. The lowest BCUT2D eigenvalue weighted by Gasteiger charge is -2.20. The lowest BCUT2D eigenvalue weighted by molar-refractivity contribution is -0.135. The molecule has 10 heteroatoms. The number of hydrogen-bond acceptors (Lipinski definition) is 6. The van der Waals surface area contributed by atoms with Gasteiger partial charge in [0.05, 0.1) is 10.6 Å². The Morgan fingerprint density at radius 2 is 1.70 bits per heavy atom. The fourth-order valence-corrected chi connectivity index (χ4v) is 5.08. The Morgan fingerprint density at radius 1 is 1.00 bits per heavy atom. The van der Waals surface area contributed by atoms with E-state index >= 15 is 0 Å². The molecule has 0 saturated heterocycles. The highest BCUT2D eigenvalue weighted by Crippen LogP contribution is 2.24. The minimum atomic E-state index is -4.02. The van der Waals surface area contributed by atoms with Gasteiger partial charge in [-0.05, 0) is 36.6 Å². The topological polar surface area (TPSA) is 119 Å². The van der Waals surface area contributed by atoms with E-state index in [0.29, 0.717) is 0 Å². The number of benzene rings is 2. The van der Waals surface area contributed by atoms with E-state index in [1.165, 1.54) is 12.1 Å². The van der Waals surface area contributed by atoms with Crippen LogP contribution < -0.4 is 10.0 Å². The Morgan fingerprint density at radius 3 is 2.39 bits per heavy atom. The predicted molar refractivity (Wildman–Crippen MR) is 122 cm³/mol. The van der Waals surface area contributed by atoms with Crippen LogP contribution in [0.15, 0.2) is 53.4 Å². The van der Waals surface area contributed by atoms with Crippen molar-refractivity contribution >= 4 is 39.4 Å². The molecule has 0 radical (unpaired) electrons. The highest BCUT2D eigenvalue weighted by molar-refractivity contribution is 7.89. The fraction of sp³-hybridized carbons (Fsp3) is 0.348. The largest absolute Gasteiger partial charge is 0.452 e. The molecule has 1 saturated carbocycles. The molecule has 1 aliphatic carbocycles. The maximum absolute atomic E-state index is 12.7. The molecule has 2 aromatic rings. The number of carbonyl (C=O) groups excluding carboxylic acids is 3. The van der Waals surface area contributed by atoms with Crippen LogP contribution in [0, 0.1) is 5.92 Å². The van der Waals surface area contributed by atoms with Gasteiger partial charge in [-0.2, -0.15) is 0 Å². The number of imide groups is 1. The van der Waals surface area contributed by atoms with Gasteiger partial charge in [0.1, 0.15) is 4.90 Å². The molecule has 2 N–H and O–H groups in total. The maximum atomic E-state index is 12.7. The van der Waals surface area contributed by atoms with Crippen LogP contribution in [0.2, 0.25) is 5.02 Å². The smallest absolute Gasteiger partial charge is 0.338 e. The van der Waals surface area contributed by atoms with Gasteiger partial charge in [0.2, 0.25) is 15.9 Å². The number of nitrogens with one attached hydrogen (secondary N) is 2. The summed E-state index contributed by atoms with van der Waals surface area (Å²) in [5.41, 5.74) is 0.660. The maximum Gasteiger partial charge on any atom is 0.338 e. The second-order valence-corrected chi connectivity index (χ2v) is 9.92. The average molecular weight is 493 g/mol. The zero-order valence-electron chi connectivity index (χ0n) is 17.9. The van der Waals surface area contributed by atoms with Crippen LogP contribution in [-0.2, 0) is 30.9 Å². The molecule has 1 aliphatic rings. The van der Waals surface area contributed by atoms with E-state index in [9.17, 15) is 22.8 Å². The quantitative estimate of drug-likeness (QED) is 0.546. The van der Waals surface area contributed by atoms with E-state index in [-0.39, 0.29) is 33.9 Å². The van der Waals surface area contributed by atoms with Crippen LogP contribution >= 0.6 is 11.6 Å². The molecule has 176 valence electrons. The van der Waals surface area contributed by atoms with Gasteiger partial charge in [0, 0.05) is 12.5 Å². The van der Waals surface area contributed by atoms with Gasteiger partial charge in [-0.1, -0.05) is 61.2 Å². The van der Waals surface area contributed by atoms with Crippen LogP contribution in [0.25, 0.3) is 0 Å². The van der Waals surface area contributed by atoms with Crippen molar-refractivity contribution in [3.05, 3.63) is 64.7 Å². The average Bonchev–Trinajstić information content (AvgIpc) is 2.82. The number of halogens is 1. The zero-order valence-corrected chi connectivity index (χ0v) is 19.5. The summed E-state index contributed by atoms with van der Waals surface area (Å²) in [6.45, 7) is -0.613. The molecular formula is C23H25ClN2O6S. The Kier molecular flexibility index (Phi) is 8.60. The molecule has 0 spiro atoms. The highest BCUT2D eigenvalue weighted by atomic mass is 35.5. The van der Waals surface area contributed by atoms with Crippen molar-refractivity contribution in [3.63, 3.8) is 0 Å². The lowest BCUT2D eigenvalue weighted by atomic mass is 9.89. The molecular weight excluding hydrogens is 468 g/mol. The first-order valence-corrected chi connectivity index (χ1v) is 12.5. The molecule has 0 atom stereocenters. The minimum Gasteiger partial charge on any atom is -0.452 e. The third kappa shape index (κ3) is 7.12. The van der Waals surface area contributed by atoms with Crippen molar-refractivity contribution in [3.8, 4) is 0 Å². The molecule has 8 nitrogen and oxygen atoms in total. The molecule has 0 unspecified atom stereocenters. The number of ether oxygens (including phenoxy) is 1. The molecule has 3 rings (SSSR count). The van der Waals surface area contributed by atoms with Crippen LogP contribution in [0.1, 0.15) is 48.0 Å². The molecule has 0 aromatic heterocycles. The molecule has 2 aromatic carbocycles. The molecule has 0 bridgehead atoms. The second-order valence-electron chi connectivity index (χ2n) is 7.78. The van der Waals surface area contributed by atoms with E-state index in [1.54, 1.807) is 24.3 Å². The highest BCUT2D eigenvalue weighted by Gasteiger charge is 2.24. The second kappa shape index (κ2) is 11.4. The summed E-state index contributed by atoms with van der Waals surface area (Å²) in [5, 5.41) is 2.18. The summed E-state index contributed by atoms with van der Waals surface area (Å²) >= 11 is 6.05. The predicted octanol–water partition coefficient (Wildman–Crippen LogP) is 3.20. The van der Waals surface area contributed by atoms with Gasteiger partial charge >= 0.3 is 5.97 Å². The number of hydrogen-bond donors (Lipinski definition) is 2. The third-order valence-corrected chi connectivity index (χ3v) is 7.22. The summed E-state index contributed by atoms with van der Waals surface area (Å²) in [6, 6.07) is 12.6. The zero-order chi connectivity index (χ0) is 23.8. The Labute approximate surface area is 197 Å². The minimum absolute atomic E-state index is 0.0450. The van der Waals surface area contributed by atoms with Gasteiger partial charge in [0.15, 0.2) is 6.61 Å². The van der Waals surface area contributed by atoms with Crippen LogP contribution in [0.5, 0.6) is 0 Å². The van der Waals surface area contributed by atoms with Crippen LogP contribution in [0.3, 0.4) is 0 Å². The van der Waals surface area contributed by atoms with Gasteiger partial charge in [-0.15, -0.1) is 0 Å². The third-order valence-electron chi connectivity index (χ3n) is 5.34. The van der Waals surface area contributed by atoms with Crippen molar-refractivity contribution in [1.29, 1.82) is 0 Å². The van der Waals surface area contributed by atoms with E-state index in [2.05, 4.69) is 10.0 Å². The van der Waals surface area contributed by atoms with E-state index in [4.69, 9.17) is 16.3 Å². The summed E-state index contributed by atoms with van der Waals surface area (Å²) in [6.07, 6.45) is 4.45. The van der Waals surface area contributed by atoms with Crippen LogP contribution in [-0.4, -0.2) is 32.8 Å². The first kappa shape index (κ1) is 24.9. The van der Waals surface area contributed by atoms with Crippen molar-refractivity contribution in [2.75, 3.05) is 6.61 Å². The van der Waals surface area contributed by atoms with E-state index in [0.717, 1.165) is 43.7 Å². The van der Waals surface area contributed by atoms with Gasteiger partial charge < -0.3 is 4.74 Å². The molecule has 33 heavy (non-hydrogen) atoms. The Bertz CT molecular complexity index is 1120. The Hall–Kier alpha value is -2.75. The van der Waals surface area contributed by atoms with Crippen molar-refractivity contribution in [2.45, 2.75) is 43.5 Å². The molecule has 1 fully saturated rings. The molecule has 0 heterocycles. The summed E-state index contributed by atoms with van der Waals surface area (Å²) in [7, 11) is -4.02. The summed E-state index contributed by atoms with van der Waals surface area (Å²) in [4.78, 5) is 36.2. The standard InChI is InChI=1S/C23H25ClN2O6S/c24-19-12-11-18(13-20(19)33(30,31)25-14-16-7-3-1-4-8-16)23(29)32-15-21(27)26-22(28)17-9-5-2-6-10-17/h1,3-4,7-8,11-13,17,25H,2,5-6,9-10,14-15H2,(H,26,27,28). The summed E-state index contributed by atoms with van der Waals surface area (Å²) in [5.74, 6) is -2.21. The van der Waals surface area contributed by atoms with E-state index in [1.807, 2.05) is 6.07 Å². The van der Waals surface area contributed by atoms with Crippen molar-refractivity contribution < 1.29 is 27.5 Å². The fourth-order valence-electron chi connectivity index (χ4n) is 3.54. The van der Waals surface area contributed by atoms with Crippen molar-refractivity contribution in [1.82, 2.24) is 10.0 Å². The van der Waals surface area contributed by atoms with E-state index < -0.39 is 28.5 Å². The monoisotopic (exact) mass is 492 g/mol. The number of esters is 1. The van der Waals surface area contributed by atoms with Gasteiger partial charge in [-0.25, -0.2) is 17.9 Å². The molecule has 0 aliphatic heterocycles. The van der Waals surface area contributed by atoms with Gasteiger partial charge in [-0.3, -0.25) is 14.9 Å². The SMILES string of the molecule is O=C(COC(=O)c1ccc(Cl)c(S(=O)(=O)NCc2ccccc2)c1)NC(=O)C1CCCCC1. The number of carbonyl (C=O) groups is 3. The number of sulfonamides is 1.